The standard InChI is InChI=1S/C15H17N3O3/c1-9-4-10(2)14(13(5-9)18(19)20)21-15-11(3)6-12(7-16)8-17-15/h4-6,8H,7,16H2,1-3H3. The van der Waals surface area contributed by atoms with Crippen LogP contribution in [0.4, 0.5) is 5.69 Å². The molecule has 1 aromatic carbocycles. The third kappa shape index (κ3) is 3.17. The molecule has 0 aliphatic rings. The summed E-state index contributed by atoms with van der Waals surface area (Å²) in [6.07, 6.45) is 1.61. The minimum atomic E-state index is -0.446. The largest absolute Gasteiger partial charge is 0.431 e. The predicted molar refractivity (Wildman–Crippen MR) is 79.5 cm³/mol. The molecule has 0 radical (unpaired) electrons. The topological polar surface area (TPSA) is 91.3 Å². The van der Waals surface area contributed by atoms with Crippen LogP contribution in [0.2, 0.25) is 0 Å². The molecular weight excluding hydrogens is 270 g/mol. The van der Waals surface area contributed by atoms with Crippen LogP contribution in [0.25, 0.3) is 0 Å². The van der Waals surface area contributed by atoms with Gasteiger partial charge in [0, 0.05) is 24.4 Å². The molecule has 0 fully saturated rings. The van der Waals surface area contributed by atoms with Crippen molar-refractivity contribution >= 4 is 5.69 Å². The molecule has 0 unspecified atom stereocenters. The van der Waals surface area contributed by atoms with Crippen LogP contribution in [-0.2, 0) is 6.54 Å². The number of nitrogens with two attached hydrogens (primary N) is 1. The van der Waals surface area contributed by atoms with Crippen LogP contribution in [0.15, 0.2) is 24.4 Å². The average molecular weight is 287 g/mol. The van der Waals surface area contributed by atoms with Crippen molar-refractivity contribution < 1.29 is 9.66 Å². The third-order valence-electron chi connectivity index (χ3n) is 3.12. The summed E-state index contributed by atoms with van der Waals surface area (Å²) in [7, 11) is 0. The first-order chi connectivity index (χ1) is 9.92. The zero-order valence-corrected chi connectivity index (χ0v) is 12.2. The second-order valence-electron chi connectivity index (χ2n) is 4.96. The van der Waals surface area contributed by atoms with Gasteiger partial charge < -0.3 is 10.5 Å². The van der Waals surface area contributed by atoms with E-state index >= 15 is 0 Å². The van der Waals surface area contributed by atoms with E-state index in [9.17, 15) is 10.1 Å². The number of benzene rings is 1. The number of nitrogens with zero attached hydrogens (tertiary/aromatic N) is 2. The van der Waals surface area contributed by atoms with Crippen molar-refractivity contribution in [3.05, 3.63) is 56.8 Å². The van der Waals surface area contributed by atoms with E-state index in [1.165, 1.54) is 6.07 Å². The molecule has 0 atom stereocenters. The van der Waals surface area contributed by atoms with Crippen LogP contribution in [0.3, 0.4) is 0 Å². The maximum absolute atomic E-state index is 11.2. The molecule has 1 aromatic heterocycles. The molecule has 1 heterocycles. The molecule has 0 bridgehead atoms. The van der Waals surface area contributed by atoms with E-state index < -0.39 is 4.92 Å². The molecule has 6 nitrogen and oxygen atoms in total. The minimum Gasteiger partial charge on any atom is -0.431 e. The summed E-state index contributed by atoms with van der Waals surface area (Å²) in [6, 6.07) is 5.19. The van der Waals surface area contributed by atoms with Crippen LogP contribution in [0.1, 0.15) is 22.3 Å². The fourth-order valence-corrected chi connectivity index (χ4v) is 2.14. The van der Waals surface area contributed by atoms with Crippen molar-refractivity contribution in [3.63, 3.8) is 0 Å². The molecule has 2 rings (SSSR count). The van der Waals surface area contributed by atoms with Gasteiger partial charge in [-0.3, -0.25) is 10.1 Å². The van der Waals surface area contributed by atoms with Crippen molar-refractivity contribution in [2.24, 2.45) is 5.73 Å². The number of pyridine rings is 1. The van der Waals surface area contributed by atoms with E-state index in [0.717, 1.165) is 16.7 Å². The smallest absolute Gasteiger partial charge is 0.312 e. The molecule has 2 aromatic rings. The van der Waals surface area contributed by atoms with Crippen LogP contribution < -0.4 is 10.5 Å². The predicted octanol–water partition coefficient (Wildman–Crippen LogP) is 3.17. The van der Waals surface area contributed by atoms with Gasteiger partial charge in [-0.1, -0.05) is 6.07 Å². The Morgan fingerprint density at radius 2 is 1.95 bits per heavy atom. The minimum absolute atomic E-state index is 0.0587. The van der Waals surface area contributed by atoms with E-state index in [1.54, 1.807) is 13.1 Å². The average Bonchev–Trinajstić information content (AvgIpc) is 2.42. The number of ether oxygens (including phenoxy) is 1. The van der Waals surface area contributed by atoms with Crippen molar-refractivity contribution in [1.82, 2.24) is 4.98 Å². The maximum Gasteiger partial charge on any atom is 0.312 e. The number of rotatable bonds is 4. The lowest BCUT2D eigenvalue weighted by Crippen LogP contribution is -2.01. The Morgan fingerprint density at radius 3 is 2.52 bits per heavy atom. The second kappa shape index (κ2) is 5.88. The zero-order valence-electron chi connectivity index (χ0n) is 12.2. The highest BCUT2D eigenvalue weighted by Gasteiger charge is 2.20. The Balaban J connectivity index is 2.46. The number of hydrogen-bond acceptors (Lipinski definition) is 5. The van der Waals surface area contributed by atoms with E-state index in [-0.39, 0.29) is 11.4 Å². The Kier molecular flexibility index (Phi) is 4.18. The normalized spacial score (nSPS) is 10.5. The highest BCUT2D eigenvalue weighted by molar-refractivity contribution is 5.55. The Hall–Kier alpha value is -2.47. The Labute approximate surface area is 122 Å². The van der Waals surface area contributed by atoms with E-state index in [2.05, 4.69) is 4.98 Å². The molecule has 0 aliphatic carbocycles. The highest BCUT2D eigenvalue weighted by atomic mass is 16.6. The van der Waals surface area contributed by atoms with E-state index in [0.29, 0.717) is 18.0 Å². The summed E-state index contributed by atoms with van der Waals surface area (Å²) < 4.78 is 5.69. The van der Waals surface area contributed by atoms with Gasteiger partial charge in [0.25, 0.3) is 0 Å². The SMILES string of the molecule is Cc1cc(C)c(Oc2ncc(CN)cc2C)c([N+](=O)[O-])c1. The van der Waals surface area contributed by atoms with Crippen LogP contribution in [-0.4, -0.2) is 9.91 Å². The summed E-state index contributed by atoms with van der Waals surface area (Å²) >= 11 is 0. The summed E-state index contributed by atoms with van der Waals surface area (Å²) in [5.74, 6) is 0.573. The molecule has 110 valence electrons. The molecule has 21 heavy (non-hydrogen) atoms. The third-order valence-corrected chi connectivity index (χ3v) is 3.12. The molecule has 0 aliphatic heterocycles. The molecule has 6 heteroatoms. The van der Waals surface area contributed by atoms with E-state index in [1.807, 2.05) is 26.0 Å². The van der Waals surface area contributed by atoms with Gasteiger partial charge in [-0.15, -0.1) is 0 Å². The monoisotopic (exact) mass is 287 g/mol. The van der Waals surface area contributed by atoms with Crippen LogP contribution >= 0.6 is 0 Å². The van der Waals surface area contributed by atoms with Crippen molar-refractivity contribution in [2.45, 2.75) is 27.3 Å². The number of nitro groups is 1. The number of nitro benzene ring substituents is 1. The summed E-state index contributed by atoms with van der Waals surface area (Å²) in [4.78, 5) is 14.9. The van der Waals surface area contributed by atoms with Crippen LogP contribution in [0, 0.1) is 30.9 Å². The van der Waals surface area contributed by atoms with Crippen molar-refractivity contribution in [1.29, 1.82) is 0 Å². The van der Waals surface area contributed by atoms with E-state index in [4.69, 9.17) is 10.5 Å². The first kappa shape index (κ1) is 14.9. The number of hydrogen-bond donors (Lipinski definition) is 1. The summed E-state index contributed by atoms with van der Waals surface area (Å²) in [5, 5.41) is 11.2. The number of aromatic nitrogens is 1. The molecular formula is C15H17N3O3. The fourth-order valence-electron chi connectivity index (χ4n) is 2.14. The van der Waals surface area contributed by atoms with Gasteiger partial charge in [-0.25, -0.2) is 4.98 Å². The summed E-state index contributed by atoms with van der Waals surface area (Å²) in [6.45, 7) is 5.80. The Morgan fingerprint density at radius 1 is 1.24 bits per heavy atom. The molecule has 2 N–H and O–H groups in total. The second-order valence-corrected chi connectivity index (χ2v) is 4.96. The van der Waals surface area contributed by atoms with Gasteiger partial charge in [-0.05, 0) is 43.5 Å². The lowest BCUT2D eigenvalue weighted by molar-refractivity contribution is -0.385. The number of aryl methyl sites for hydroxylation is 3. The molecule has 0 saturated carbocycles. The first-order valence-electron chi connectivity index (χ1n) is 6.51. The molecule has 0 saturated heterocycles. The van der Waals surface area contributed by atoms with Gasteiger partial charge >= 0.3 is 5.69 Å². The Bertz CT molecular complexity index is 699. The molecule has 0 spiro atoms. The highest BCUT2D eigenvalue weighted by Crippen LogP contribution is 2.35. The van der Waals surface area contributed by atoms with Gasteiger partial charge in [0.2, 0.25) is 11.6 Å². The van der Waals surface area contributed by atoms with Crippen LogP contribution in [0.5, 0.6) is 11.6 Å². The lowest BCUT2D eigenvalue weighted by Gasteiger charge is -2.11. The van der Waals surface area contributed by atoms with Gasteiger partial charge in [0.15, 0.2) is 0 Å². The quantitative estimate of drug-likeness (QED) is 0.688. The van der Waals surface area contributed by atoms with Crippen molar-refractivity contribution in [3.8, 4) is 11.6 Å². The molecule has 0 amide bonds. The van der Waals surface area contributed by atoms with Gasteiger partial charge in [0.05, 0.1) is 4.92 Å². The fraction of sp³-hybridized carbons (Fsp3) is 0.267. The van der Waals surface area contributed by atoms with Crippen molar-refractivity contribution in [2.75, 3.05) is 0 Å². The summed E-state index contributed by atoms with van der Waals surface area (Å²) in [5.41, 5.74) is 8.68. The van der Waals surface area contributed by atoms with Gasteiger partial charge in [-0.2, -0.15) is 0 Å². The zero-order chi connectivity index (χ0) is 15.6. The van der Waals surface area contributed by atoms with Gasteiger partial charge in [0.1, 0.15) is 0 Å². The maximum atomic E-state index is 11.2. The first-order valence-corrected chi connectivity index (χ1v) is 6.51. The lowest BCUT2D eigenvalue weighted by atomic mass is 10.1.